The first-order valence-electron chi connectivity index (χ1n) is 8.19. The van der Waals surface area contributed by atoms with Gasteiger partial charge in [-0.1, -0.05) is 32.6 Å². The van der Waals surface area contributed by atoms with E-state index in [4.69, 9.17) is 0 Å². The molecule has 110 valence electrons. The zero-order valence-electron chi connectivity index (χ0n) is 12.6. The Bertz CT molecular complexity index is 291. The second kappa shape index (κ2) is 6.74. The Balaban J connectivity index is 1.90. The van der Waals surface area contributed by atoms with Crippen LogP contribution in [-0.2, 0) is 4.79 Å². The van der Waals surface area contributed by atoms with Crippen molar-refractivity contribution in [2.75, 3.05) is 13.1 Å². The minimum atomic E-state index is -0.127. The molecule has 0 aromatic rings. The molecule has 3 nitrogen and oxygen atoms in total. The molecule has 2 aliphatic rings. The molecule has 1 heterocycles. The van der Waals surface area contributed by atoms with Gasteiger partial charge in [0.1, 0.15) is 0 Å². The summed E-state index contributed by atoms with van der Waals surface area (Å²) in [6.07, 6.45) is 9.75. The van der Waals surface area contributed by atoms with E-state index >= 15 is 0 Å². The zero-order valence-corrected chi connectivity index (χ0v) is 12.6. The first-order chi connectivity index (χ1) is 9.18. The van der Waals surface area contributed by atoms with Crippen LogP contribution in [-0.4, -0.2) is 25.0 Å². The second-order valence-electron chi connectivity index (χ2n) is 6.62. The first kappa shape index (κ1) is 14.8. The lowest BCUT2D eigenvalue weighted by Gasteiger charge is -2.33. The Morgan fingerprint density at radius 2 is 2.11 bits per heavy atom. The fraction of sp³-hybridized carbons (Fsp3) is 0.938. The van der Waals surface area contributed by atoms with Crippen LogP contribution in [0.15, 0.2) is 0 Å². The molecular formula is C16H30N2O. The average Bonchev–Trinajstić information content (AvgIpc) is 2.90. The Morgan fingerprint density at radius 1 is 1.37 bits per heavy atom. The van der Waals surface area contributed by atoms with E-state index in [1.54, 1.807) is 0 Å². The van der Waals surface area contributed by atoms with Gasteiger partial charge in [0.2, 0.25) is 5.91 Å². The maximum Gasteiger partial charge on any atom is 0.227 e. The van der Waals surface area contributed by atoms with Crippen LogP contribution in [0.1, 0.15) is 65.2 Å². The minimum Gasteiger partial charge on any atom is -0.353 e. The lowest BCUT2D eigenvalue weighted by atomic mass is 9.80. The fourth-order valence-electron chi connectivity index (χ4n) is 3.85. The van der Waals surface area contributed by atoms with Gasteiger partial charge in [0.15, 0.2) is 0 Å². The molecule has 19 heavy (non-hydrogen) atoms. The van der Waals surface area contributed by atoms with Crippen LogP contribution in [0.4, 0.5) is 0 Å². The number of nitrogens with one attached hydrogen (secondary N) is 2. The molecule has 1 unspecified atom stereocenters. The third kappa shape index (κ3) is 3.50. The fourth-order valence-corrected chi connectivity index (χ4v) is 3.85. The molecule has 0 aromatic heterocycles. The predicted molar refractivity (Wildman–Crippen MR) is 79.0 cm³/mol. The highest BCUT2D eigenvalue weighted by atomic mass is 16.2. The number of hydrogen-bond donors (Lipinski definition) is 2. The highest BCUT2D eigenvalue weighted by molar-refractivity contribution is 5.83. The SMILES string of the molecule is CCCC1(C(=O)N[C@H](C)C2CCCCC2)CCNC1. The van der Waals surface area contributed by atoms with Crippen LogP contribution < -0.4 is 10.6 Å². The van der Waals surface area contributed by atoms with Crippen molar-refractivity contribution in [2.45, 2.75) is 71.3 Å². The molecule has 0 radical (unpaired) electrons. The number of rotatable bonds is 5. The molecule has 1 amide bonds. The summed E-state index contributed by atoms with van der Waals surface area (Å²) >= 11 is 0. The largest absolute Gasteiger partial charge is 0.353 e. The van der Waals surface area contributed by atoms with Crippen molar-refractivity contribution >= 4 is 5.91 Å². The van der Waals surface area contributed by atoms with Gasteiger partial charge in [-0.25, -0.2) is 0 Å². The number of carbonyl (C=O) groups is 1. The van der Waals surface area contributed by atoms with Gasteiger partial charge in [-0.2, -0.15) is 0 Å². The summed E-state index contributed by atoms with van der Waals surface area (Å²) in [6, 6.07) is 0.349. The Hall–Kier alpha value is -0.570. The van der Waals surface area contributed by atoms with Crippen LogP contribution in [0, 0.1) is 11.3 Å². The summed E-state index contributed by atoms with van der Waals surface area (Å²) < 4.78 is 0. The maximum atomic E-state index is 12.7. The van der Waals surface area contributed by atoms with E-state index in [-0.39, 0.29) is 5.41 Å². The quantitative estimate of drug-likeness (QED) is 0.803. The lowest BCUT2D eigenvalue weighted by molar-refractivity contribution is -0.131. The van der Waals surface area contributed by atoms with Gasteiger partial charge >= 0.3 is 0 Å². The van der Waals surface area contributed by atoms with Crippen LogP contribution in [0.2, 0.25) is 0 Å². The van der Waals surface area contributed by atoms with Crippen LogP contribution in [0.3, 0.4) is 0 Å². The molecule has 3 heteroatoms. The molecular weight excluding hydrogens is 236 g/mol. The molecule has 2 atom stereocenters. The highest BCUT2D eigenvalue weighted by Crippen LogP contribution is 2.32. The van der Waals surface area contributed by atoms with Crippen molar-refractivity contribution in [3.8, 4) is 0 Å². The smallest absolute Gasteiger partial charge is 0.227 e. The maximum absolute atomic E-state index is 12.7. The Morgan fingerprint density at radius 3 is 2.68 bits per heavy atom. The van der Waals surface area contributed by atoms with E-state index in [1.807, 2.05) is 0 Å². The molecule has 2 N–H and O–H groups in total. The number of carbonyl (C=O) groups excluding carboxylic acids is 1. The van der Waals surface area contributed by atoms with Gasteiger partial charge in [-0.15, -0.1) is 0 Å². The molecule has 0 bridgehead atoms. The van der Waals surface area contributed by atoms with Crippen LogP contribution in [0.25, 0.3) is 0 Å². The van der Waals surface area contributed by atoms with E-state index in [2.05, 4.69) is 24.5 Å². The molecule has 2 fully saturated rings. The molecule has 1 saturated carbocycles. The van der Waals surface area contributed by atoms with Gasteiger partial charge in [0, 0.05) is 12.6 Å². The van der Waals surface area contributed by atoms with Gasteiger partial charge in [0.05, 0.1) is 5.41 Å². The van der Waals surface area contributed by atoms with Crippen molar-refractivity contribution in [2.24, 2.45) is 11.3 Å². The minimum absolute atomic E-state index is 0.127. The number of hydrogen-bond acceptors (Lipinski definition) is 2. The van der Waals surface area contributed by atoms with Crippen molar-refractivity contribution in [1.82, 2.24) is 10.6 Å². The Labute approximate surface area is 117 Å². The second-order valence-corrected chi connectivity index (χ2v) is 6.62. The molecule has 1 aliphatic carbocycles. The van der Waals surface area contributed by atoms with E-state index in [9.17, 15) is 4.79 Å². The average molecular weight is 266 g/mol. The van der Waals surface area contributed by atoms with Gasteiger partial charge in [-0.05, 0) is 45.1 Å². The van der Waals surface area contributed by atoms with E-state index < -0.39 is 0 Å². The first-order valence-corrected chi connectivity index (χ1v) is 8.19. The molecule has 0 spiro atoms. The third-order valence-corrected chi connectivity index (χ3v) is 5.17. The van der Waals surface area contributed by atoms with Gasteiger partial charge in [-0.3, -0.25) is 4.79 Å². The van der Waals surface area contributed by atoms with E-state index in [0.717, 1.165) is 32.4 Å². The van der Waals surface area contributed by atoms with Crippen molar-refractivity contribution < 1.29 is 4.79 Å². The summed E-state index contributed by atoms with van der Waals surface area (Å²) in [5.41, 5.74) is -0.127. The van der Waals surface area contributed by atoms with E-state index in [1.165, 1.54) is 32.1 Å². The topological polar surface area (TPSA) is 41.1 Å². The summed E-state index contributed by atoms with van der Waals surface area (Å²) in [5, 5.41) is 6.71. The summed E-state index contributed by atoms with van der Waals surface area (Å²) in [4.78, 5) is 12.7. The number of amides is 1. The van der Waals surface area contributed by atoms with Crippen molar-refractivity contribution in [1.29, 1.82) is 0 Å². The van der Waals surface area contributed by atoms with E-state index in [0.29, 0.717) is 17.9 Å². The standard InChI is InChI=1S/C16H30N2O/c1-3-9-16(10-11-17-12-16)15(19)18-13(2)14-7-5-4-6-8-14/h13-14,17H,3-12H2,1-2H3,(H,18,19)/t13-,16?/m1/s1. The van der Waals surface area contributed by atoms with Crippen LogP contribution in [0.5, 0.6) is 0 Å². The summed E-state index contributed by atoms with van der Waals surface area (Å²) in [7, 11) is 0. The van der Waals surface area contributed by atoms with Gasteiger partial charge in [0.25, 0.3) is 0 Å². The third-order valence-electron chi connectivity index (χ3n) is 5.17. The molecule has 1 saturated heterocycles. The molecule has 0 aromatic carbocycles. The molecule has 2 rings (SSSR count). The summed E-state index contributed by atoms with van der Waals surface area (Å²) in [6.45, 7) is 6.24. The van der Waals surface area contributed by atoms with Crippen molar-refractivity contribution in [3.05, 3.63) is 0 Å². The van der Waals surface area contributed by atoms with Crippen molar-refractivity contribution in [3.63, 3.8) is 0 Å². The lowest BCUT2D eigenvalue weighted by Crippen LogP contribution is -2.48. The normalized spacial score (nSPS) is 30.2. The highest BCUT2D eigenvalue weighted by Gasteiger charge is 2.41. The zero-order chi connectivity index (χ0) is 13.7. The van der Waals surface area contributed by atoms with Crippen LogP contribution >= 0.6 is 0 Å². The molecule has 1 aliphatic heterocycles. The van der Waals surface area contributed by atoms with Gasteiger partial charge < -0.3 is 10.6 Å². The predicted octanol–water partition coefficient (Wildman–Crippen LogP) is 2.85. The summed E-state index contributed by atoms with van der Waals surface area (Å²) in [5.74, 6) is 1.00. The monoisotopic (exact) mass is 266 g/mol. The Kier molecular flexibility index (Phi) is 5.26.